The van der Waals surface area contributed by atoms with Crippen molar-refractivity contribution < 1.29 is 9.59 Å². The van der Waals surface area contributed by atoms with E-state index in [9.17, 15) is 9.59 Å². The number of nitrogens with zero attached hydrogens (tertiary/aromatic N) is 1. The van der Waals surface area contributed by atoms with Gasteiger partial charge in [0.2, 0.25) is 11.8 Å². The van der Waals surface area contributed by atoms with Gasteiger partial charge in [-0.05, 0) is 37.7 Å². The Labute approximate surface area is 160 Å². The van der Waals surface area contributed by atoms with Crippen molar-refractivity contribution in [1.82, 2.24) is 21.1 Å². The summed E-state index contributed by atoms with van der Waals surface area (Å²) in [4.78, 5) is 27.6. The van der Waals surface area contributed by atoms with E-state index in [4.69, 9.17) is 0 Å². The van der Waals surface area contributed by atoms with E-state index in [1.54, 1.807) is 0 Å². The number of carbonyl (C=O) groups excluding carboxylic acids is 2. The SMILES string of the molecule is O=C1NC2(CCN(C(=O)C3NNC4CCCC43)CC2)CC1c1ccccc1. The quantitative estimate of drug-likeness (QED) is 0.736. The lowest BCUT2D eigenvalue weighted by molar-refractivity contribution is -0.135. The average Bonchev–Trinajstić information content (AvgIpc) is 3.38. The lowest BCUT2D eigenvalue weighted by atomic mass is 9.81. The minimum atomic E-state index is -0.147. The van der Waals surface area contributed by atoms with Crippen LogP contribution in [0.2, 0.25) is 0 Å². The van der Waals surface area contributed by atoms with Crippen LogP contribution in [0.15, 0.2) is 30.3 Å². The number of fused-ring (bicyclic) bond motifs is 1. The molecular formula is C21H28N4O2. The highest BCUT2D eigenvalue weighted by molar-refractivity contribution is 5.87. The van der Waals surface area contributed by atoms with Gasteiger partial charge in [-0.2, -0.15) is 0 Å². The maximum Gasteiger partial charge on any atom is 0.241 e. The maximum absolute atomic E-state index is 13.0. The molecule has 1 aromatic carbocycles. The third kappa shape index (κ3) is 2.95. The Morgan fingerprint density at radius 1 is 1.07 bits per heavy atom. The fourth-order valence-corrected chi connectivity index (χ4v) is 5.63. The number of hydrogen-bond acceptors (Lipinski definition) is 4. The van der Waals surface area contributed by atoms with Gasteiger partial charge in [-0.15, -0.1) is 0 Å². The second kappa shape index (κ2) is 6.60. The van der Waals surface area contributed by atoms with Gasteiger partial charge in [-0.1, -0.05) is 36.8 Å². The Kier molecular flexibility index (Phi) is 4.20. The van der Waals surface area contributed by atoms with E-state index in [0.29, 0.717) is 12.0 Å². The molecule has 4 unspecified atom stereocenters. The van der Waals surface area contributed by atoms with Crippen LogP contribution in [0.4, 0.5) is 0 Å². The topological polar surface area (TPSA) is 73.5 Å². The van der Waals surface area contributed by atoms with E-state index in [1.807, 2.05) is 35.2 Å². The summed E-state index contributed by atoms with van der Waals surface area (Å²) < 4.78 is 0. The van der Waals surface area contributed by atoms with Gasteiger partial charge in [0.15, 0.2) is 0 Å². The second-order valence-corrected chi connectivity index (χ2v) is 8.73. The third-order valence-corrected chi connectivity index (χ3v) is 7.22. The first-order chi connectivity index (χ1) is 13.2. The summed E-state index contributed by atoms with van der Waals surface area (Å²) in [6.45, 7) is 1.46. The van der Waals surface area contributed by atoms with Crippen LogP contribution in [0.5, 0.6) is 0 Å². The summed E-state index contributed by atoms with van der Waals surface area (Å²) in [5.41, 5.74) is 7.50. The number of hydrogen-bond donors (Lipinski definition) is 3. The second-order valence-electron chi connectivity index (χ2n) is 8.73. The summed E-state index contributed by atoms with van der Waals surface area (Å²) in [6.07, 6.45) is 6.05. The van der Waals surface area contributed by atoms with Gasteiger partial charge in [0.25, 0.3) is 0 Å². The molecule has 4 aliphatic rings. The fraction of sp³-hybridized carbons (Fsp3) is 0.619. The third-order valence-electron chi connectivity index (χ3n) is 7.22. The van der Waals surface area contributed by atoms with E-state index in [0.717, 1.165) is 50.8 Å². The molecule has 3 aliphatic heterocycles. The van der Waals surface area contributed by atoms with E-state index in [-0.39, 0.29) is 29.3 Å². The molecule has 1 aliphatic carbocycles. The van der Waals surface area contributed by atoms with Gasteiger partial charge < -0.3 is 10.2 Å². The van der Waals surface area contributed by atoms with Crippen LogP contribution in [0.25, 0.3) is 0 Å². The number of piperidine rings is 1. The number of amides is 2. The summed E-state index contributed by atoms with van der Waals surface area (Å²) in [5.74, 6) is 0.738. The molecule has 3 heterocycles. The molecular weight excluding hydrogens is 340 g/mol. The number of nitrogens with one attached hydrogen (secondary N) is 3. The van der Waals surface area contributed by atoms with Crippen LogP contribution in [0, 0.1) is 5.92 Å². The zero-order chi connectivity index (χ0) is 18.4. The molecule has 3 N–H and O–H groups in total. The van der Waals surface area contributed by atoms with Crippen LogP contribution >= 0.6 is 0 Å². The number of carbonyl (C=O) groups is 2. The van der Waals surface area contributed by atoms with Crippen LogP contribution in [0.1, 0.15) is 50.0 Å². The van der Waals surface area contributed by atoms with E-state index in [2.05, 4.69) is 16.2 Å². The first-order valence-electron chi connectivity index (χ1n) is 10.3. The molecule has 4 fully saturated rings. The monoisotopic (exact) mass is 368 g/mol. The van der Waals surface area contributed by atoms with Crippen molar-refractivity contribution in [2.45, 2.75) is 62.1 Å². The molecule has 0 aromatic heterocycles. The zero-order valence-electron chi connectivity index (χ0n) is 15.6. The molecule has 1 saturated carbocycles. The molecule has 5 rings (SSSR count). The Morgan fingerprint density at radius 2 is 1.85 bits per heavy atom. The van der Waals surface area contributed by atoms with Gasteiger partial charge in [-0.25, -0.2) is 5.43 Å². The molecule has 6 heteroatoms. The lowest BCUT2D eigenvalue weighted by Gasteiger charge is -2.40. The highest BCUT2D eigenvalue weighted by Gasteiger charge is 2.49. The maximum atomic E-state index is 13.0. The van der Waals surface area contributed by atoms with E-state index < -0.39 is 0 Å². The number of rotatable bonds is 2. The summed E-state index contributed by atoms with van der Waals surface area (Å²) >= 11 is 0. The highest BCUT2D eigenvalue weighted by Crippen LogP contribution is 2.40. The smallest absolute Gasteiger partial charge is 0.241 e. The first-order valence-corrected chi connectivity index (χ1v) is 10.3. The number of likely N-dealkylation sites (tertiary alicyclic amines) is 1. The Hall–Kier alpha value is -1.92. The largest absolute Gasteiger partial charge is 0.350 e. The average molecular weight is 368 g/mol. The van der Waals surface area contributed by atoms with Crippen molar-refractivity contribution in [3.63, 3.8) is 0 Å². The molecule has 2 amide bonds. The van der Waals surface area contributed by atoms with Crippen LogP contribution in [-0.2, 0) is 9.59 Å². The summed E-state index contributed by atoms with van der Waals surface area (Å²) in [6, 6.07) is 10.4. The molecule has 1 spiro atoms. The van der Waals surface area contributed by atoms with Gasteiger partial charge in [0, 0.05) is 30.6 Å². The van der Waals surface area contributed by atoms with Crippen molar-refractivity contribution in [1.29, 1.82) is 0 Å². The normalized spacial score (nSPS) is 34.7. The van der Waals surface area contributed by atoms with Crippen molar-refractivity contribution in [3.8, 4) is 0 Å². The van der Waals surface area contributed by atoms with Crippen molar-refractivity contribution in [2.24, 2.45) is 5.92 Å². The summed E-state index contributed by atoms with van der Waals surface area (Å²) in [7, 11) is 0. The molecule has 0 radical (unpaired) electrons. The predicted molar refractivity (Wildman–Crippen MR) is 102 cm³/mol. The Balaban J connectivity index is 1.23. The Bertz CT molecular complexity index is 729. The van der Waals surface area contributed by atoms with Gasteiger partial charge in [0.1, 0.15) is 6.04 Å². The van der Waals surface area contributed by atoms with Crippen molar-refractivity contribution in [3.05, 3.63) is 35.9 Å². The fourth-order valence-electron chi connectivity index (χ4n) is 5.63. The number of benzene rings is 1. The standard InChI is InChI=1S/C21H28N4O2/c26-19-16(14-5-2-1-3-6-14)13-21(22-19)9-11-25(12-10-21)20(27)18-15-7-4-8-17(15)23-24-18/h1-3,5-6,15-18,23-24H,4,7-13H2,(H,22,26). The minimum Gasteiger partial charge on any atom is -0.350 e. The molecule has 6 nitrogen and oxygen atoms in total. The Morgan fingerprint density at radius 3 is 2.63 bits per heavy atom. The molecule has 27 heavy (non-hydrogen) atoms. The van der Waals surface area contributed by atoms with E-state index >= 15 is 0 Å². The molecule has 0 bridgehead atoms. The predicted octanol–water partition coefficient (Wildman–Crippen LogP) is 1.30. The van der Waals surface area contributed by atoms with Crippen LogP contribution < -0.4 is 16.2 Å². The van der Waals surface area contributed by atoms with Gasteiger partial charge in [0.05, 0.1) is 5.92 Å². The molecule has 1 aromatic rings. The molecule has 4 atom stereocenters. The van der Waals surface area contributed by atoms with Crippen molar-refractivity contribution >= 4 is 11.8 Å². The minimum absolute atomic E-state index is 0.0617. The molecule has 3 saturated heterocycles. The van der Waals surface area contributed by atoms with Gasteiger partial charge >= 0.3 is 0 Å². The van der Waals surface area contributed by atoms with Crippen LogP contribution in [-0.4, -0.2) is 47.4 Å². The number of hydrazine groups is 1. The van der Waals surface area contributed by atoms with Crippen molar-refractivity contribution in [2.75, 3.05) is 13.1 Å². The molecule has 144 valence electrons. The zero-order valence-corrected chi connectivity index (χ0v) is 15.6. The highest BCUT2D eigenvalue weighted by atomic mass is 16.2. The van der Waals surface area contributed by atoms with Gasteiger partial charge in [-0.3, -0.25) is 15.0 Å². The van der Waals surface area contributed by atoms with Crippen LogP contribution in [0.3, 0.4) is 0 Å². The first kappa shape index (κ1) is 17.2. The summed E-state index contributed by atoms with van der Waals surface area (Å²) in [5, 5.41) is 3.28. The van der Waals surface area contributed by atoms with E-state index in [1.165, 1.54) is 6.42 Å². The lowest BCUT2D eigenvalue weighted by Crippen LogP contribution is -2.56.